The van der Waals surface area contributed by atoms with Gasteiger partial charge in [0.05, 0.1) is 0 Å². The van der Waals surface area contributed by atoms with Crippen molar-refractivity contribution in [2.45, 2.75) is 9.79 Å². The highest BCUT2D eigenvalue weighted by molar-refractivity contribution is 7.92. The monoisotopic (exact) mass is 282 g/mol. The number of benzene rings is 3. The van der Waals surface area contributed by atoms with Crippen LogP contribution >= 0.6 is 0 Å². The molecule has 0 bridgehead atoms. The zero-order chi connectivity index (χ0) is 13.7. The van der Waals surface area contributed by atoms with Gasteiger partial charge < -0.3 is 4.74 Å². The Balaban J connectivity index is 2.16. The standard InChI is InChI=1S/C16H10O3S/c17-20(18)15-8-4-3-7-13(15)19-14-10-9-11-5-1-2-6-12(11)16(14)20/h1-10H. The van der Waals surface area contributed by atoms with Crippen LogP contribution in [0.4, 0.5) is 0 Å². The fraction of sp³-hybridized carbons (Fsp3) is 0. The molecule has 0 aromatic heterocycles. The van der Waals surface area contributed by atoms with Gasteiger partial charge in [-0.25, -0.2) is 8.42 Å². The van der Waals surface area contributed by atoms with Gasteiger partial charge in [-0.3, -0.25) is 0 Å². The molecule has 1 aliphatic heterocycles. The molecule has 20 heavy (non-hydrogen) atoms. The van der Waals surface area contributed by atoms with E-state index in [1.165, 1.54) is 0 Å². The van der Waals surface area contributed by atoms with Gasteiger partial charge in [-0.2, -0.15) is 0 Å². The molecule has 3 nitrogen and oxygen atoms in total. The van der Waals surface area contributed by atoms with Gasteiger partial charge in [0.15, 0.2) is 0 Å². The predicted molar refractivity (Wildman–Crippen MR) is 75.9 cm³/mol. The molecule has 4 heteroatoms. The molecule has 0 radical (unpaired) electrons. The van der Waals surface area contributed by atoms with E-state index < -0.39 is 9.84 Å². The van der Waals surface area contributed by atoms with Gasteiger partial charge in [0.1, 0.15) is 21.3 Å². The number of para-hydroxylation sites is 1. The molecular formula is C16H10O3S. The van der Waals surface area contributed by atoms with E-state index in [0.717, 1.165) is 5.39 Å². The molecule has 0 aliphatic carbocycles. The van der Waals surface area contributed by atoms with Crippen LogP contribution in [-0.2, 0) is 9.84 Å². The first-order chi connectivity index (χ1) is 9.68. The molecule has 0 unspecified atom stereocenters. The SMILES string of the molecule is O=S1(=O)c2ccccc2Oc2ccc3ccccc3c21. The predicted octanol–water partition coefficient (Wildman–Crippen LogP) is 3.78. The molecule has 1 heterocycles. The van der Waals surface area contributed by atoms with Gasteiger partial charge in [-0.15, -0.1) is 0 Å². The van der Waals surface area contributed by atoms with E-state index in [2.05, 4.69) is 0 Å². The third kappa shape index (κ3) is 1.42. The summed E-state index contributed by atoms with van der Waals surface area (Å²) in [5.41, 5.74) is 0. The van der Waals surface area contributed by atoms with Crippen LogP contribution in [0.25, 0.3) is 10.8 Å². The molecule has 0 spiro atoms. The zero-order valence-corrected chi connectivity index (χ0v) is 11.2. The Kier molecular flexibility index (Phi) is 2.20. The number of ether oxygens (including phenoxy) is 1. The van der Waals surface area contributed by atoms with Crippen LogP contribution in [0, 0.1) is 0 Å². The number of rotatable bonds is 0. The third-order valence-electron chi connectivity index (χ3n) is 3.47. The summed E-state index contributed by atoms with van der Waals surface area (Å²) in [6, 6.07) is 17.7. The van der Waals surface area contributed by atoms with Crippen molar-refractivity contribution in [2.75, 3.05) is 0 Å². The number of hydrogen-bond donors (Lipinski definition) is 0. The molecule has 0 N–H and O–H groups in total. The van der Waals surface area contributed by atoms with E-state index in [1.807, 2.05) is 30.3 Å². The summed E-state index contributed by atoms with van der Waals surface area (Å²) in [7, 11) is -3.55. The van der Waals surface area contributed by atoms with E-state index in [-0.39, 0.29) is 9.79 Å². The number of hydrogen-bond acceptors (Lipinski definition) is 3. The lowest BCUT2D eigenvalue weighted by Crippen LogP contribution is -2.11. The second kappa shape index (κ2) is 3.84. The fourth-order valence-electron chi connectivity index (χ4n) is 2.57. The smallest absolute Gasteiger partial charge is 0.214 e. The van der Waals surface area contributed by atoms with Crippen LogP contribution in [0.2, 0.25) is 0 Å². The number of fused-ring (bicyclic) bond motifs is 4. The van der Waals surface area contributed by atoms with Gasteiger partial charge in [0, 0.05) is 5.39 Å². The molecule has 3 aromatic carbocycles. The lowest BCUT2D eigenvalue weighted by molar-refractivity contribution is 0.445. The third-order valence-corrected chi connectivity index (χ3v) is 5.35. The first-order valence-electron chi connectivity index (χ1n) is 6.22. The minimum absolute atomic E-state index is 0.226. The van der Waals surface area contributed by atoms with E-state index in [0.29, 0.717) is 16.9 Å². The molecular weight excluding hydrogens is 272 g/mol. The zero-order valence-electron chi connectivity index (χ0n) is 10.4. The quantitative estimate of drug-likeness (QED) is 0.493. The molecule has 3 aromatic rings. The molecule has 1 aliphatic rings. The molecule has 4 rings (SSSR count). The van der Waals surface area contributed by atoms with Gasteiger partial charge in [0.25, 0.3) is 0 Å². The molecule has 0 atom stereocenters. The lowest BCUT2D eigenvalue weighted by Gasteiger charge is -2.21. The van der Waals surface area contributed by atoms with Crippen LogP contribution in [0.5, 0.6) is 11.5 Å². The fourth-order valence-corrected chi connectivity index (χ4v) is 4.27. The Bertz CT molecular complexity index is 943. The first kappa shape index (κ1) is 11.5. The second-order valence-corrected chi connectivity index (χ2v) is 6.52. The van der Waals surface area contributed by atoms with Crippen molar-refractivity contribution < 1.29 is 13.2 Å². The molecule has 98 valence electrons. The van der Waals surface area contributed by atoms with Gasteiger partial charge in [-0.1, -0.05) is 42.5 Å². The van der Waals surface area contributed by atoms with Crippen LogP contribution < -0.4 is 4.74 Å². The summed E-state index contributed by atoms with van der Waals surface area (Å²) in [4.78, 5) is 0.484. The summed E-state index contributed by atoms with van der Waals surface area (Å²) in [6.45, 7) is 0. The highest BCUT2D eigenvalue weighted by atomic mass is 32.2. The van der Waals surface area contributed by atoms with Crippen molar-refractivity contribution in [3.8, 4) is 11.5 Å². The first-order valence-corrected chi connectivity index (χ1v) is 7.70. The highest BCUT2D eigenvalue weighted by Gasteiger charge is 2.32. The van der Waals surface area contributed by atoms with Crippen LogP contribution in [0.15, 0.2) is 70.5 Å². The van der Waals surface area contributed by atoms with Gasteiger partial charge in [-0.05, 0) is 23.6 Å². The molecule has 0 saturated carbocycles. The molecule has 0 saturated heterocycles. The van der Waals surface area contributed by atoms with Crippen LogP contribution in [-0.4, -0.2) is 8.42 Å². The van der Waals surface area contributed by atoms with Crippen molar-refractivity contribution in [2.24, 2.45) is 0 Å². The summed E-state index contributed by atoms with van der Waals surface area (Å²) < 4.78 is 31.4. The van der Waals surface area contributed by atoms with Crippen molar-refractivity contribution in [1.29, 1.82) is 0 Å². The van der Waals surface area contributed by atoms with E-state index in [9.17, 15) is 8.42 Å². The van der Waals surface area contributed by atoms with E-state index in [4.69, 9.17) is 4.74 Å². The summed E-state index contributed by atoms with van der Waals surface area (Å²) in [5.74, 6) is 0.776. The van der Waals surface area contributed by atoms with E-state index >= 15 is 0 Å². The largest absolute Gasteiger partial charge is 0.455 e. The van der Waals surface area contributed by atoms with Crippen molar-refractivity contribution in [3.05, 3.63) is 60.7 Å². The van der Waals surface area contributed by atoms with Crippen LogP contribution in [0.1, 0.15) is 0 Å². The van der Waals surface area contributed by atoms with Crippen molar-refractivity contribution >= 4 is 20.6 Å². The minimum Gasteiger partial charge on any atom is -0.455 e. The maximum atomic E-state index is 12.8. The summed E-state index contributed by atoms with van der Waals surface area (Å²) >= 11 is 0. The Labute approximate surface area is 116 Å². The Morgan fingerprint density at radius 1 is 0.750 bits per heavy atom. The Morgan fingerprint density at radius 3 is 2.40 bits per heavy atom. The van der Waals surface area contributed by atoms with Gasteiger partial charge >= 0.3 is 0 Å². The van der Waals surface area contributed by atoms with Gasteiger partial charge in [0.2, 0.25) is 9.84 Å². The van der Waals surface area contributed by atoms with E-state index in [1.54, 1.807) is 30.3 Å². The topological polar surface area (TPSA) is 43.4 Å². The molecule has 0 amide bonds. The highest BCUT2D eigenvalue weighted by Crippen LogP contribution is 2.45. The minimum atomic E-state index is -3.55. The van der Waals surface area contributed by atoms with Crippen molar-refractivity contribution in [1.82, 2.24) is 0 Å². The Hall–Kier alpha value is -2.33. The maximum absolute atomic E-state index is 12.8. The normalized spacial score (nSPS) is 15.2. The lowest BCUT2D eigenvalue weighted by atomic mass is 10.1. The van der Waals surface area contributed by atoms with Crippen molar-refractivity contribution in [3.63, 3.8) is 0 Å². The summed E-state index contributed by atoms with van der Waals surface area (Å²) in [6.07, 6.45) is 0. The number of sulfone groups is 1. The Morgan fingerprint density at radius 2 is 1.50 bits per heavy atom. The summed E-state index contributed by atoms with van der Waals surface area (Å²) in [5, 5.41) is 1.58. The molecule has 0 fully saturated rings. The second-order valence-electron chi connectivity index (χ2n) is 4.67. The maximum Gasteiger partial charge on any atom is 0.214 e. The average molecular weight is 282 g/mol. The van der Waals surface area contributed by atoms with Crippen LogP contribution in [0.3, 0.4) is 0 Å². The average Bonchev–Trinajstić information content (AvgIpc) is 2.46.